The molecule has 1 aromatic carbocycles. The SMILES string of the molecule is O=C(Nc1cccc(C(=O)O)c1)NN1CCOCC1. The molecular formula is C12H15N3O4. The van der Waals surface area contributed by atoms with E-state index in [9.17, 15) is 9.59 Å². The van der Waals surface area contributed by atoms with Crippen molar-refractivity contribution < 1.29 is 19.4 Å². The molecule has 1 fully saturated rings. The number of hydrogen-bond acceptors (Lipinski definition) is 4. The summed E-state index contributed by atoms with van der Waals surface area (Å²) in [6, 6.07) is 5.68. The number of anilines is 1. The number of amides is 2. The maximum Gasteiger partial charge on any atom is 0.335 e. The Labute approximate surface area is 110 Å². The fraction of sp³-hybridized carbons (Fsp3) is 0.333. The molecule has 0 bridgehead atoms. The van der Waals surface area contributed by atoms with Gasteiger partial charge < -0.3 is 15.2 Å². The first-order chi connectivity index (χ1) is 9.15. The van der Waals surface area contributed by atoms with E-state index in [0.717, 1.165) is 0 Å². The van der Waals surface area contributed by atoms with Crippen molar-refractivity contribution >= 4 is 17.7 Å². The lowest BCUT2D eigenvalue weighted by molar-refractivity contribution is 0.0207. The highest BCUT2D eigenvalue weighted by molar-refractivity contribution is 5.92. The topological polar surface area (TPSA) is 90.9 Å². The van der Waals surface area contributed by atoms with Gasteiger partial charge in [0.1, 0.15) is 0 Å². The molecule has 1 aliphatic heterocycles. The molecule has 1 heterocycles. The molecule has 2 rings (SSSR count). The average molecular weight is 265 g/mol. The van der Waals surface area contributed by atoms with Crippen LogP contribution in [-0.4, -0.2) is 48.4 Å². The zero-order chi connectivity index (χ0) is 13.7. The molecule has 0 aromatic heterocycles. The molecule has 0 spiro atoms. The number of aromatic carboxylic acids is 1. The Kier molecular flexibility index (Phi) is 4.32. The molecule has 19 heavy (non-hydrogen) atoms. The number of carbonyl (C=O) groups is 2. The van der Waals surface area contributed by atoms with Gasteiger partial charge in [-0.1, -0.05) is 6.07 Å². The molecule has 1 saturated heterocycles. The van der Waals surface area contributed by atoms with Crippen molar-refractivity contribution in [3.63, 3.8) is 0 Å². The lowest BCUT2D eigenvalue weighted by Crippen LogP contribution is -2.49. The highest BCUT2D eigenvalue weighted by Gasteiger charge is 2.13. The summed E-state index contributed by atoms with van der Waals surface area (Å²) in [5, 5.41) is 13.2. The van der Waals surface area contributed by atoms with Crippen LogP contribution < -0.4 is 10.7 Å². The van der Waals surface area contributed by atoms with E-state index in [2.05, 4.69) is 10.7 Å². The number of hydrogen-bond donors (Lipinski definition) is 3. The average Bonchev–Trinajstić information content (AvgIpc) is 2.40. The number of carbonyl (C=O) groups excluding carboxylic acids is 1. The summed E-state index contributed by atoms with van der Waals surface area (Å²) >= 11 is 0. The number of hydrazine groups is 1. The standard InChI is InChI=1S/C12H15N3O4/c16-11(17)9-2-1-3-10(8-9)13-12(18)14-15-4-6-19-7-5-15/h1-3,8H,4-7H2,(H,16,17)(H2,13,14,18). The van der Waals surface area contributed by atoms with Crippen LogP contribution in [0.2, 0.25) is 0 Å². The Bertz CT molecular complexity index is 472. The van der Waals surface area contributed by atoms with Gasteiger partial charge in [0.25, 0.3) is 0 Å². The Morgan fingerprint density at radius 1 is 1.26 bits per heavy atom. The maximum absolute atomic E-state index is 11.7. The normalized spacial score (nSPS) is 15.8. The molecule has 2 amide bonds. The van der Waals surface area contributed by atoms with Gasteiger partial charge in [-0.2, -0.15) is 0 Å². The molecule has 0 aliphatic carbocycles. The highest BCUT2D eigenvalue weighted by Crippen LogP contribution is 2.10. The molecule has 0 saturated carbocycles. The summed E-state index contributed by atoms with van der Waals surface area (Å²) in [4.78, 5) is 22.5. The Morgan fingerprint density at radius 2 is 2.00 bits per heavy atom. The van der Waals surface area contributed by atoms with Crippen molar-refractivity contribution in [2.75, 3.05) is 31.6 Å². The van der Waals surface area contributed by atoms with Crippen LogP contribution >= 0.6 is 0 Å². The van der Waals surface area contributed by atoms with Gasteiger partial charge in [0.05, 0.1) is 18.8 Å². The van der Waals surface area contributed by atoms with Crippen molar-refractivity contribution in [3.05, 3.63) is 29.8 Å². The van der Waals surface area contributed by atoms with Gasteiger partial charge in [0.15, 0.2) is 0 Å². The van der Waals surface area contributed by atoms with Crippen LogP contribution in [0, 0.1) is 0 Å². The van der Waals surface area contributed by atoms with Crippen LogP contribution in [0.4, 0.5) is 10.5 Å². The highest BCUT2D eigenvalue weighted by atomic mass is 16.5. The van der Waals surface area contributed by atoms with E-state index in [-0.39, 0.29) is 5.56 Å². The summed E-state index contributed by atoms with van der Waals surface area (Å²) in [6.07, 6.45) is 0. The number of nitrogens with one attached hydrogen (secondary N) is 2. The second-order valence-electron chi connectivity index (χ2n) is 4.05. The number of benzene rings is 1. The summed E-state index contributed by atoms with van der Waals surface area (Å²) < 4.78 is 5.16. The van der Waals surface area contributed by atoms with E-state index in [1.165, 1.54) is 12.1 Å². The third kappa shape index (κ3) is 3.94. The molecule has 7 heteroatoms. The zero-order valence-electron chi connectivity index (χ0n) is 10.3. The minimum atomic E-state index is -1.03. The molecule has 0 atom stereocenters. The van der Waals surface area contributed by atoms with Crippen LogP contribution in [0.3, 0.4) is 0 Å². The largest absolute Gasteiger partial charge is 0.478 e. The summed E-state index contributed by atoms with van der Waals surface area (Å²) in [7, 11) is 0. The van der Waals surface area contributed by atoms with Gasteiger partial charge in [-0.25, -0.2) is 14.6 Å². The van der Waals surface area contributed by atoms with E-state index >= 15 is 0 Å². The molecule has 0 unspecified atom stereocenters. The van der Waals surface area contributed by atoms with Crippen LogP contribution in [0.15, 0.2) is 24.3 Å². The summed E-state index contributed by atoms with van der Waals surface area (Å²) in [6.45, 7) is 2.41. The van der Waals surface area contributed by atoms with Crippen LogP contribution in [0.25, 0.3) is 0 Å². The van der Waals surface area contributed by atoms with Gasteiger partial charge >= 0.3 is 12.0 Å². The first-order valence-corrected chi connectivity index (χ1v) is 5.89. The number of carboxylic acids is 1. The van der Waals surface area contributed by atoms with Crippen LogP contribution in [0.5, 0.6) is 0 Å². The van der Waals surface area contributed by atoms with Gasteiger partial charge in [-0.05, 0) is 18.2 Å². The van der Waals surface area contributed by atoms with Crippen molar-refractivity contribution in [2.24, 2.45) is 0 Å². The fourth-order valence-electron chi connectivity index (χ4n) is 1.71. The van der Waals surface area contributed by atoms with Crippen molar-refractivity contribution in [1.82, 2.24) is 10.4 Å². The van der Waals surface area contributed by atoms with Crippen LogP contribution in [-0.2, 0) is 4.74 Å². The maximum atomic E-state index is 11.7. The zero-order valence-corrected chi connectivity index (χ0v) is 10.3. The van der Waals surface area contributed by atoms with E-state index in [1.54, 1.807) is 17.1 Å². The fourth-order valence-corrected chi connectivity index (χ4v) is 1.71. The number of carboxylic acid groups (broad SMARTS) is 1. The predicted octanol–water partition coefficient (Wildman–Crippen LogP) is 0.753. The number of rotatable bonds is 3. The van der Waals surface area contributed by atoms with Crippen molar-refractivity contribution in [3.8, 4) is 0 Å². The minimum absolute atomic E-state index is 0.129. The van der Waals surface area contributed by atoms with Gasteiger partial charge in [-0.3, -0.25) is 5.43 Å². The van der Waals surface area contributed by atoms with E-state index < -0.39 is 12.0 Å². The summed E-state index contributed by atoms with van der Waals surface area (Å²) in [5.41, 5.74) is 3.24. The second-order valence-corrected chi connectivity index (χ2v) is 4.05. The molecular weight excluding hydrogens is 250 g/mol. The van der Waals surface area contributed by atoms with Crippen molar-refractivity contribution in [1.29, 1.82) is 0 Å². The van der Waals surface area contributed by atoms with E-state index in [4.69, 9.17) is 9.84 Å². The van der Waals surface area contributed by atoms with Gasteiger partial charge in [-0.15, -0.1) is 0 Å². The molecule has 7 nitrogen and oxygen atoms in total. The molecule has 3 N–H and O–H groups in total. The monoisotopic (exact) mass is 265 g/mol. The lowest BCUT2D eigenvalue weighted by Gasteiger charge is -2.26. The Balaban J connectivity index is 1.90. The first-order valence-electron chi connectivity index (χ1n) is 5.89. The van der Waals surface area contributed by atoms with Gasteiger partial charge in [0.2, 0.25) is 0 Å². The number of morpholine rings is 1. The summed E-state index contributed by atoms with van der Waals surface area (Å²) in [5.74, 6) is -1.03. The number of ether oxygens (including phenoxy) is 1. The molecule has 1 aromatic rings. The van der Waals surface area contributed by atoms with Crippen molar-refractivity contribution in [2.45, 2.75) is 0 Å². The lowest BCUT2D eigenvalue weighted by atomic mass is 10.2. The molecule has 0 radical (unpaired) electrons. The smallest absolute Gasteiger partial charge is 0.335 e. The van der Waals surface area contributed by atoms with E-state index in [0.29, 0.717) is 32.0 Å². The molecule has 1 aliphatic rings. The van der Waals surface area contributed by atoms with Gasteiger partial charge in [0, 0.05) is 18.8 Å². The first kappa shape index (κ1) is 13.3. The Morgan fingerprint density at radius 3 is 2.68 bits per heavy atom. The second kappa shape index (κ2) is 6.17. The van der Waals surface area contributed by atoms with E-state index in [1.807, 2.05) is 0 Å². The Hall–Kier alpha value is -2.12. The molecule has 102 valence electrons. The minimum Gasteiger partial charge on any atom is -0.478 e. The number of nitrogens with zero attached hydrogens (tertiary/aromatic N) is 1. The quantitative estimate of drug-likeness (QED) is 0.750. The third-order valence-electron chi connectivity index (χ3n) is 2.64. The number of urea groups is 1. The van der Waals surface area contributed by atoms with Crippen LogP contribution in [0.1, 0.15) is 10.4 Å². The third-order valence-corrected chi connectivity index (χ3v) is 2.64. The predicted molar refractivity (Wildman–Crippen MR) is 67.9 cm³/mol.